The Labute approximate surface area is 177 Å². The minimum Gasteiger partial charge on any atom is -0.427 e. The number of carbonyl (C=O) groups excluding carboxylic acids is 1. The molecule has 0 atom stereocenters. The summed E-state index contributed by atoms with van der Waals surface area (Å²) in [6.07, 6.45) is 0. The molecule has 0 aliphatic carbocycles. The normalized spacial score (nSPS) is 11.0. The molecule has 0 heterocycles. The average Bonchev–Trinajstić information content (AvgIpc) is 2.79. The molecule has 0 spiro atoms. The van der Waals surface area contributed by atoms with Gasteiger partial charge in [-0.2, -0.15) is 0 Å². The highest BCUT2D eigenvalue weighted by Gasteiger charge is 2.36. The van der Waals surface area contributed by atoms with Gasteiger partial charge in [0.15, 0.2) is 0 Å². The quantitative estimate of drug-likeness (QED) is 0.247. The molecule has 1 N–H and O–H groups in total. The molecule has 0 unspecified atom stereocenters. The van der Waals surface area contributed by atoms with Gasteiger partial charge >= 0.3 is 5.97 Å². The minimum atomic E-state index is -0.626. The van der Waals surface area contributed by atoms with Gasteiger partial charge in [-0.25, -0.2) is 0 Å². The fourth-order valence-corrected chi connectivity index (χ4v) is 3.80. The number of rotatable bonds is 6. The molecule has 4 aromatic carbocycles. The van der Waals surface area contributed by atoms with Crippen LogP contribution in [0.1, 0.15) is 23.6 Å². The average molecular weight is 393 g/mol. The third kappa shape index (κ3) is 3.96. The molecular formula is C27H23NO2. The highest BCUT2D eigenvalue weighted by Crippen LogP contribution is 2.40. The summed E-state index contributed by atoms with van der Waals surface area (Å²) in [6.45, 7) is 1.41. The fraction of sp³-hybridized carbons (Fsp3) is 0.0741. The van der Waals surface area contributed by atoms with E-state index in [1.54, 1.807) is 6.07 Å². The van der Waals surface area contributed by atoms with Crippen molar-refractivity contribution in [3.63, 3.8) is 0 Å². The molecule has 0 bridgehead atoms. The molecule has 0 fully saturated rings. The van der Waals surface area contributed by atoms with Crippen molar-refractivity contribution in [3.8, 4) is 5.75 Å². The topological polar surface area (TPSA) is 38.3 Å². The van der Waals surface area contributed by atoms with E-state index < -0.39 is 5.54 Å². The summed E-state index contributed by atoms with van der Waals surface area (Å²) >= 11 is 0. The number of ether oxygens (including phenoxy) is 1. The molecule has 0 aromatic heterocycles. The van der Waals surface area contributed by atoms with Crippen molar-refractivity contribution >= 4 is 11.7 Å². The molecule has 0 radical (unpaired) electrons. The van der Waals surface area contributed by atoms with Crippen molar-refractivity contribution in [1.29, 1.82) is 0 Å². The lowest BCUT2D eigenvalue weighted by molar-refractivity contribution is -0.131. The van der Waals surface area contributed by atoms with Gasteiger partial charge in [0.1, 0.15) is 11.3 Å². The molecule has 3 heteroatoms. The summed E-state index contributed by atoms with van der Waals surface area (Å²) in [5, 5.41) is 3.76. The number of carbonyl (C=O) groups is 1. The lowest BCUT2D eigenvalue weighted by Crippen LogP contribution is -2.38. The van der Waals surface area contributed by atoms with E-state index >= 15 is 0 Å². The van der Waals surface area contributed by atoms with E-state index in [4.69, 9.17) is 4.74 Å². The zero-order valence-electron chi connectivity index (χ0n) is 16.8. The molecule has 0 amide bonds. The van der Waals surface area contributed by atoms with Gasteiger partial charge in [-0.15, -0.1) is 0 Å². The zero-order valence-corrected chi connectivity index (χ0v) is 16.8. The van der Waals surface area contributed by atoms with E-state index in [-0.39, 0.29) is 5.97 Å². The van der Waals surface area contributed by atoms with Crippen LogP contribution in [0.5, 0.6) is 5.75 Å². The summed E-state index contributed by atoms with van der Waals surface area (Å²) < 4.78 is 5.31. The number of benzene rings is 4. The van der Waals surface area contributed by atoms with Gasteiger partial charge in [0, 0.05) is 18.7 Å². The standard InChI is InChI=1S/C27H23NO2/c1-21(29)30-26-19-11-18-25(20-26)28-27(22-12-5-2-6-13-22,23-14-7-3-8-15-23)24-16-9-4-10-17-24/h2-20,28H,1H3. The largest absolute Gasteiger partial charge is 0.427 e. The Balaban J connectivity index is 1.93. The van der Waals surface area contributed by atoms with Gasteiger partial charge in [0.25, 0.3) is 0 Å². The second-order valence-corrected chi connectivity index (χ2v) is 7.09. The van der Waals surface area contributed by atoms with Crippen LogP contribution in [0.2, 0.25) is 0 Å². The predicted octanol–water partition coefficient (Wildman–Crippen LogP) is 6.02. The molecule has 0 aliphatic rings. The Kier molecular flexibility index (Phi) is 5.62. The number of anilines is 1. The lowest BCUT2D eigenvalue weighted by Gasteiger charge is -2.38. The number of nitrogens with one attached hydrogen (secondary N) is 1. The summed E-state index contributed by atoms with van der Waals surface area (Å²) in [4.78, 5) is 11.4. The van der Waals surface area contributed by atoms with Crippen LogP contribution in [0.15, 0.2) is 115 Å². The summed E-state index contributed by atoms with van der Waals surface area (Å²) in [7, 11) is 0. The second kappa shape index (κ2) is 8.66. The van der Waals surface area contributed by atoms with Crippen molar-refractivity contribution in [2.45, 2.75) is 12.5 Å². The summed E-state index contributed by atoms with van der Waals surface area (Å²) in [5.41, 5.74) is 3.56. The SMILES string of the molecule is CC(=O)Oc1cccc(NC(c2ccccc2)(c2ccccc2)c2ccccc2)c1. The van der Waals surface area contributed by atoms with E-state index in [1.165, 1.54) is 6.92 Å². The third-order valence-corrected chi connectivity index (χ3v) is 5.05. The second-order valence-electron chi connectivity index (χ2n) is 7.09. The monoisotopic (exact) mass is 393 g/mol. The maximum atomic E-state index is 11.4. The van der Waals surface area contributed by atoms with Gasteiger partial charge in [-0.3, -0.25) is 4.79 Å². The Hall–Kier alpha value is -3.85. The first kappa shape index (κ1) is 19.5. The van der Waals surface area contributed by atoms with Crippen molar-refractivity contribution in [2.75, 3.05) is 5.32 Å². The van der Waals surface area contributed by atoms with E-state index in [0.717, 1.165) is 22.4 Å². The van der Waals surface area contributed by atoms with Crippen LogP contribution < -0.4 is 10.1 Å². The van der Waals surface area contributed by atoms with E-state index in [0.29, 0.717) is 5.75 Å². The first-order valence-corrected chi connectivity index (χ1v) is 9.92. The highest BCUT2D eigenvalue weighted by molar-refractivity contribution is 5.70. The molecule has 0 aliphatic heterocycles. The van der Waals surface area contributed by atoms with Gasteiger partial charge in [-0.1, -0.05) is 97.1 Å². The van der Waals surface area contributed by atoms with Crippen LogP contribution in [0, 0.1) is 0 Å². The first-order chi connectivity index (χ1) is 14.7. The maximum absolute atomic E-state index is 11.4. The minimum absolute atomic E-state index is 0.340. The summed E-state index contributed by atoms with van der Waals surface area (Å²) in [6, 6.07) is 38.6. The van der Waals surface area contributed by atoms with E-state index in [9.17, 15) is 4.79 Å². The number of esters is 1. The molecule has 30 heavy (non-hydrogen) atoms. The molecule has 4 aromatic rings. The molecule has 148 valence electrons. The number of hydrogen-bond donors (Lipinski definition) is 1. The van der Waals surface area contributed by atoms with Crippen LogP contribution in [0.4, 0.5) is 5.69 Å². The summed E-state index contributed by atoms with van der Waals surface area (Å²) in [5.74, 6) is 0.170. The van der Waals surface area contributed by atoms with Gasteiger partial charge in [0.2, 0.25) is 0 Å². The molecule has 3 nitrogen and oxygen atoms in total. The lowest BCUT2D eigenvalue weighted by atomic mass is 9.77. The van der Waals surface area contributed by atoms with Crippen LogP contribution in [0.3, 0.4) is 0 Å². The third-order valence-electron chi connectivity index (χ3n) is 5.05. The van der Waals surface area contributed by atoms with E-state index in [2.05, 4.69) is 41.7 Å². The smallest absolute Gasteiger partial charge is 0.308 e. The Morgan fingerprint density at radius 3 is 1.57 bits per heavy atom. The predicted molar refractivity (Wildman–Crippen MR) is 121 cm³/mol. The zero-order chi connectivity index (χ0) is 20.8. The Morgan fingerprint density at radius 1 is 0.667 bits per heavy atom. The maximum Gasteiger partial charge on any atom is 0.308 e. The molecule has 0 saturated carbocycles. The van der Waals surface area contributed by atoms with Crippen LogP contribution in [-0.4, -0.2) is 5.97 Å². The highest BCUT2D eigenvalue weighted by atomic mass is 16.5. The van der Waals surface area contributed by atoms with Crippen LogP contribution >= 0.6 is 0 Å². The van der Waals surface area contributed by atoms with Gasteiger partial charge < -0.3 is 10.1 Å². The van der Waals surface area contributed by atoms with Crippen molar-refractivity contribution in [3.05, 3.63) is 132 Å². The van der Waals surface area contributed by atoms with Gasteiger partial charge in [0.05, 0.1) is 0 Å². The Bertz CT molecular complexity index is 1010. The number of hydrogen-bond acceptors (Lipinski definition) is 3. The fourth-order valence-electron chi connectivity index (χ4n) is 3.80. The van der Waals surface area contributed by atoms with Crippen molar-refractivity contribution in [2.24, 2.45) is 0 Å². The molecule has 4 rings (SSSR count). The Morgan fingerprint density at radius 2 is 1.13 bits per heavy atom. The van der Waals surface area contributed by atoms with Crippen LogP contribution in [-0.2, 0) is 10.3 Å². The van der Waals surface area contributed by atoms with Crippen molar-refractivity contribution < 1.29 is 9.53 Å². The first-order valence-electron chi connectivity index (χ1n) is 9.92. The molecule has 0 saturated heterocycles. The molecular weight excluding hydrogens is 370 g/mol. The van der Waals surface area contributed by atoms with Crippen LogP contribution in [0.25, 0.3) is 0 Å². The van der Waals surface area contributed by atoms with Gasteiger partial charge in [-0.05, 0) is 28.8 Å². The van der Waals surface area contributed by atoms with Crippen molar-refractivity contribution in [1.82, 2.24) is 0 Å². The van der Waals surface area contributed by atoms with E-state index in [1.807, 2.05) is 72.8 Å².